The third-order valence-corrected chi connectivity index (χ3v) is 5.77. The molecule has 0 bridgehead atoms. The number of amides is 1. The summed E-state index contributed by atoms with van der Waals surface area (Å²) in [6, 6.07) is 17.3. The van der Waals surface area contributed by atoms with Crippen LogP contribution in [0.25, 0.3) is 16.9 Å². The van der Waals surface area contributed by atoms with Crippen molar-refractivity contribution in [3.05, 3.63) is 75.9 Å². The van der Waals surface area contributed by atoms with Gasteiger partial charge in [-0.3, -0.25) is 9.59 Å². The number of nitrogens with zero attached hydrogens (tertiary/aromatic N) is 1. The molecule has 2 N–H and O–H groups in total. The Labute approximate surface area is 172 Å². The Balaban J connectivity index is 1.95. The average Bonchev–Trinajstić information content (AvgIpc) is 3.00. The fourth-order valence-electron chi connectivity index (χ4n) is 3.91. The number of nitrogens with two attached hydrogens (primary N) is 1. The minimum Gasteiger partial charge on any atom is -0.366 e. The summed E-state index contributed by atoms with van der Waals surface area (Å²) in [5.74, 6) is -0.275. The maximum atomic E-state index is 12.8. The first-order valence-electron chi connectivity index (χ1n) is 9.19. The Morgan fingerprint density at radius 3 is 2.29 bits per heavy atom. The molecule has 1 heterocycles. The van der Waals surface area contributed by atoms with Crippen LogP contribution in [0.3, 0.4) is 0 Å². The molecule has 4 rings (SSSR count). The van der Waals surface area contributed by atoms with Gasteiger partial charge in [0.05, 0.1) is 5.69 Å². The molecular weight excluding hydrogens is 416 g/mol. The van der Waals surface area contributed by atoms with Crippen LogP contribution >= 0.6 is 15.9 Å². The highest BCUT2D eigenvalue weighted by Gasteiger charge is 2.35. The van der Waals surface area contributed by atoms with Crippen molar-refractivity contribution in [1.29, 1.82) is 0 Å². The number of Topliss-reactive ketones (excluding diaryl/α,β-unsaturated/α-hetero) is 1. The second-order valence-electron chi connectivity index (χ2n) is 8.08. The lowest BCUT2D eigenvalue weighted by Crippen LogP contribution is -2.27. The summed E-state index contributed by atoms with van der Waals surface area (Å²) in [4.78, 5) is 24.3. The molecule has 1 amide bonds. The molecule has 0 spiro atoms. The van der Waals surface area contributed by atoms with Gasteiger partial charge in [-0.25, -0.2) is 0 Å². The first kappa shape index (κ1) is 18.7. The second-order valence-corrected chi connectivity index (χ2v) is 9.00. The highest BCUT2D eigenvalue weighted by Crippen LogP contribution is 2.40. The van der Waals surface area contributed by atoms with E-state index >= 15 is 0 Å². The van der Waals surface area contributed by atoms with Crippen molar-refractivity contribution in [3.63, 3.8) is 0 Å². The number of hydrogen-bond donors (Lipinski definition) is 1. The fraction of sp³-hybridized carbons (Fsp3) is 0.217. The Bertz CT molecular complexity index is 1080. The van der Waals surface area contributed by atoms with Gasteiger partial charge >= 0.3 is 0 Å². The van der Waals surface area contributed by atoms with E-state index in [0.29, 0.717) is 12.0 Å². The lowest BCUT2D eigenvalue weighted by molar-refractivity contribution is 0.0910. The number of benzene rings is 2. The number of rotatable bonds is 3. The average molecular weight is 437 g/mol. The SMILES string of the molecule is CC1(C)CC(=O)c2cc(-c3ccc(Br)cc3)n(-c3ccc(C(N)=O)cc3)c2C1. The summed E-state index contributed by atoms with van der Waals surface area (Å²) in [6.45, 7) is 4.25. The van der Waals surface area contributed by atoms with Gasteiger partial charge in [-0.1, -0.05) is 41.9 Å². The quantitative estimate of drug-likeness (QED) is 0.615. The van der Waals surface area contributed by atoms with E-state index < -0.39 is 5.91 Å². The number of aromatic nitrogens is 1. The Kier molecular flexibility index (Phi) is 4.50. The minimum absolute atomic E-state index is 0.0929. The standard InChI is InChI=1S/C23H21BrN2O2/c1-23(2)12-20-18(21(27)13-23)11-19(14-3-7-16(24)8-4-14)26(20)17-9-5-15(6-10-17)22(25)28/h3-11H,12-13H2,1-2H3,(H2,25,28). The van der Waals surface area contributed by atoms with Crippen LogP contribution in [-0.2, 0) is 6.42 Å². The third-order valence-electron chi connectivity index (χ3n) is 5.24. The van der Waals surface area contributed by atoms with Crippen LogP contribution in [0, 0.1) is 5.41 Å². The maximum Gasteiger partial charge on any atom is 0.248 e. The molecule has 0 aliphatic heterocycles. The molecule has 0 saturated heterocycles. The number of primary amides is 1. The molecule has 28 heavy (non-hydrogen) atoms. The van der Waals surface area contributed by atoms with Crippen LogP contribution in [0.1, 0.15) is 46.7 Å². The van der Waals surface area contributed by atoms with Gasteiger partial charge in [0.1, 0.15) is 0 Å². The van der Waals surface area contributed by atoms with Gasteiger partial charge in [0.25, 0.3) is 0 Å². The van der Waals surface area contributed by atoms with Crippen molar-refractivity contribution in [3.8, 4) is 16.9 Å². The Morgan fingerprint density at radius 2 is 1.68 bits per heavy atom. The third kappa shape index (κ3) is 3.31. The monoisotopic (exact) mass is 436 g/mol. The van der Waals surface area contributed by atoms with Crippen LogP contribution in [-0.4, -0.2) is 16.3 Å². The van der Waals surface area contributed by atoms with E-state index in [9.17, 15) is 9.59 Å². The molecular formula is C23H21BrN2O2. The minimum atomic E-state index is -0.453. The molecule has 4 nitrogen and oxygen atoms in total. The van der Waals surface area contributed by atoms with E-state index in [2.05, 4.69) is 34.3 Å². The van der Waals surface area contributed by atoms with Gasteiger partial charge in [0.2, 0.25) is 5.91 Å². The molecule has 0 saturated carbocycles. The molecule has 3 aromatic rings. The summed E-state index contributed by atoms with van der Waals surface area (Å²) < 4.78 is 3.14. The molecule has 0 unspecified atom stereocenters. The van der Waals surface area contributed by atoms with E-state index in [4.69, 9.17) is 5.73 Å². The van der Waals surface area contributed by atoms with Crippen LogP contribution in [0.2, 0.25) is 0 Å². The summed E-state index contributed by atoms with van der Waals surface area (Å²) >= 11 is 3.48. The molecule has 0 fully saturated rings. The van der Waals surface area contributed by atoms with Gasteiger partial charge < -0.3 is 10.3 Å². The topological polar surface area (TPSA) is 65.1 Å². The summed E-state index contributed by atoms with van der Waals surface area (Å²) in [5, 5.41) is 0. The van der Waals surface area contributed by atoms with Crippen LogP contribution in [0.4, 0.5) is 0 Å². The zero-order valence-electron chi connectivity index (χ0n) is 15.8. The predicted molar refractivity (Wildman–Crippen MR) is 114 cm³/mol. The largest absolute Gasteiger partial charge is 0.366 e. The van der Waals surface area contributed by atoms with E-state index in [1.54, 1.807) is 12.1 Å². The summed E-state index contributed by atoms with van der Waals surface area (Å²) in [6.07, 6.45) is 1.35. The first-order valence-corrected chi connectivity index (χ1v) is 9.98. The predicted octanol–water partition coefficient (Wildman–Crippen LogP) is 5.16. The van der Waals surface area contributed by atoms with Gasteiger partial charge in [0, 0.05) is 33.4 Å². The molecule has 2 aromatic carbocycles. The zero-order chi connectivity index (χ0) is 20.1. The van der Waals surface area contributed by atoms with Gasteiger partial charge in [-0.05, 0) is 59.9 Å². The Hall–Kier alpha value is -2.66. The maximum absolute atomic E-state index is 12.8. The van der Waals surface area contributed by atoms with Gasteiger partial charge in [-0.2, -0.15) is 0 Å². The molecule has 0 atom stereocenters. The second kappa shape index (κ2) is 6.74. The van der Waals surface area contributed by atoms with Crippen molar-refractivity contribution < 1.29 is 9.59 Å². The van der Waals surface area contributed by atoms with Crippen molar-refractivity contribution >= 4 is 27.6 Å². The highest BCUT2D eigenvalue weighted by atomic mass is 79.9. The van der Waals surface area contributed by atoms with Gasteiger partial charge in [-0.15, -0.1) is 0 Å². The van der Waals surface area contributed by atoms with Crippen molar-refractivity contribution in [2.24, 2.45) is 11.1 Å². The van der Waals surface area contributed by atoms with Crippen molar-refractivity contribution in [2.45, 2.75) is 26.7 Å². The van der Waals surface area contributed by atoms with Crippen molar-refractivity contribution in [1.82, 2.24) is 4.57 Å². The molecule has 0 radical (unpaired) electrons. The van der Waals surface area contributed by atoms with E-state index in [1.165, 1.54) is 0 Å². The molecule has 142 valence electrons. The lowest BCUT2D eigenvalue weighted by atomic mass is 9.76. The molecule has 1 aliphatic carbocycles. The lowest BCUT2D eigenvalue weighted by Gasteiger charge is -2.30. The number of halogens is 1. The van der Waals surface area contributed by atoms with Crippen LogP contribution in [0.5, 0.6) is 0 Å². The number of ketones is 1. The normalized spacial score (nSPS) is 15.3. The van der Waals surface area contributed by atoms with E-state index in [-0.39, 0.29) is 11.2 Å². The van der Waals surface area contributed by atoms with Crippen molar-refractivity contribution in [2.75, 3.05) is 0 Å². The van der Waals surface area contributed by atoms with Crippen LogP contribution in [0.15, 0.2) is 59.1 Å². The number of carbonyl (C=O) groups is 2. The fourth-order valence-corrected chi connectivity index (χ4v) is 4.18. The summed E-state index contributed by atoms with van der Waals surface area (Å²) in [5.41, 5.74) is 10.5. The van der Waals surface area contributed by atoms with E-state index in [0.717, 1.165) is 39.1 Å². The van der Waals surface area contributed by atoms with E-state index in [1.807, 2.05) is 42.5 Å². The molecule has 1 aliphatic rings. The number of fused-ring (bicyclic) bond motifs is 1. The molecule has 1 aromatic heterocycles. The number of carbonyl (C=O) groups excluding carboxylic acids is 2. The first-order chi connectivity index (χ1) is 13.2. The zero-order valence-corrected chi connectivity index (χ0v) is 17.4. The Morgan fingerprint density at radius 1 is 1.04 bits per heavy atom. The van der Waals surface area contributed by atoms with Crippen LogP contribution < -0.4 is 5.73 Å². The van der Waals surface area contributed by atoms with Gasteiger partial charge in [0.15, 0.2) is 5.78 Å². The summed E-state index contributed by atoms with van der Waals surface area (Å²) in [7, 11) is 0. The highest BCUT2D eigenvalue weighted by molar-refractivity contribution is 9.10. The smallest absolute Gasteiger partial charge is 0.248 e. The number of hydrogen-bond acceptors (Lipinski definition) is 2. The molecule has 5 heteroatoms.